The number of nitrogens with two attached hydrogens (primary N) is 1. The monoisotopic (exact) mass is 169 g/mol. The van der Waals surface area contributed by atoms with Crippen LogP contribution in [0.2, 0.25) is 0 Å². The Bertz CT molecular complexity index is 129. The maximum Gasteiger partial charge on any atom is 0.0276 e. The molecule has 0 aliphatic heterocycles. The van der Waals surface area contributed by atoms with Crippen LogP contribution in [-0.2, 0) is 0 Å². The van der Waals surface area contributed by atoms with Crippen LogP contribution in [0.1, 0.15) is 46.5 Å². The Kier molecular flexibility index (Phi) is 6.09. The molecule has 72 valence electrons. The summed E-state index contributed by atoms with van der Waals surface area (Å²) in [5, 5.41) is 0. The highest BCUT2D eigenvalue weighted by molar-refractivity contribution is 5.02. The van der Waals surface area contributed by atoms with E-state index in [4.69, 9.17) is 5.73 Å². The Balaban J connectivity index is 3.87. The summed E-state index contributed by atoms with van der Waals surface area (Å²) in [5.41, 5.74) is 7.14. The predicted molar refractivity (Wildman–Crippen MR) is 56.1 cm³/mol. The number of hydrogen-bond acceptors (Lipinski definition) is 1. The molecule has 0 heterocycles. The molecule has 0 aromatic heterocycles. The number of unbranched alkanes of at least 4 members (excludes halogenated alkanes) is 1. The Hall–Kier alpha value is -0.300. The number of rotatable bonds is 6. The van der Waals surface area contributed by atoms with Crippen molar-refractivity contribution in [2.45, 2.75) is 52.5 Å². The lowest BCUT2D eigenvalue weighted by Gasteiger charge is -2.22. The highest BCUT2D eigenvalue weighted by atomic mass is 14.6. The van der Waals surface area contributed by atoms with Gasteiger partial charge in [0, 0.05) is 6.04 Å². The first kappa shape index (κ1) is 11.7. The molecular weight excluding hydrogens is 146 g/mol. The molecule has 2 N–H and O–H groups in total. The molecule has 2 atom stereocenters. The first-order chi connectivity index (χ1) is 5.63. The molecule has 1 heteroatoms. The van der Waals surface area contributed by atoms with Gasteiger partial charge in [-0.15, -0.1) is 0 Å². The normalized spacial score (nSPS) is 15.7. The van der Waals surface area contributed by atoms with Gasteiger partial charge in [-0.25, -0.2) is 0 Å². The zero-order chi connectivity index (χ0) is 9.56. The van der Waals surface area contributed by atoms with Gasteiger partial charge >= 0.3 is 0 Å². The van der Waals surface area contributed by atoms with Crippen LogP contribution in [0, 0.1) is 5.92 Å². The van der Waals surface area contributed by atoms with Crippen LogP contribution in [0.15, 0.2) is 12.2 Å². The molecule has 0 radical (unpaired) electrons. The summed E-state index contributed by atoms with van der Waals surface area (Å²) in [6, 6.07) is 0.210. The minimum Gasteiger partial charge on any atom is -0.324 e. The van der Waals surface area contributed by atoms with Crippen LogP contribution in [0.25, 0.3) is 0 Å². The van der Waals surface area contributed by atoms with E-state index >= 15 is 0 Å². The molecule has 0 aromatic rings. The second kappa shape index (κ2) is 6.24. The van der Waals surface area contributed by atoms with Gasteiger partial charge in [0.2, 0.25) is 0 Å². The number of hydrogen-bond donors (Lipinski definition) is 1. The van der Waals surface area contributed by atoms with Crippen LogP contribution >= 0.6 is 0 Å². The lowest BCUT2D eigenvalue weighted by Crippen LogP contribution is -2.30. The van der Waals surface area contributed by atoms with Crippen molar-refractivity contribution >= 4 is 0 Å². The van der Waals surface area contributed by atoms with E-state index in [2.05, 4.69) is 20.4 Å². The van der Waals surface area contributed by atoms with Crippen LogP contribution in [0.3, 0.4) is 0 Å². The molecule has 0 aromatic carbocycles. The highest BCUT2D eigenvalue weighted by Crippen LogP contribution is 2.19. The van der Waals surface area contributed by atoms with Crippen molar-refractivity contribution in [2.75, 3.05) is 0 Å². The van der Waals surface area contributed by atoms with Crippen molar-refractivity contribution in [2.24, 2.45) is 11.7 Å². The maximum atomic E-state index is 6.01. The molecule has 2 unspecified atom stereocenters. The second-order valence-electron chi connectivity index (χ2n) is 3.68. The standard InChI is InChI=1S/C11H23N/c1-5-7-8-10(6-2)11(12)9(3)4/h10-11H,3,5-8,12H2,1-2,4H3. The summed E-state index contributed by atoms with van der Waals surface area (Å²) in [6.07, 6.45) is 4.98. The Morgan fingerprint density at radius 2 is 2.00 bits per heavy atom. The van der Waals surface area contributed by atoms with E-state index in [-0.39, 0.29) is 6.04 Å². The molecule has 0 bridgehead atoms. The molecule has 0 fully saturated rings. The van der Waals surface area contributed by atoms with E-state index in [1.807, 2.05) is 6.92 Å². The minimum absolute atomic E-state index is 0.210. The third kappa shape index (κ3) is 3.91. The fourth-order valence-corrected chi connectivity index (χ4v) is 1.51. The first-order valence-electron chi connectivity index (χ1n) is 5.04. The molecule has 0 aliphatic rings. The van der Waals surface area contributed by atoms with E-state index < -0.39 is 0 Å². The minimum atomic E-state index is 0.210. The van der Waals surface area contributed by atoms with E-state index in [0.717, 1.165) is 5.57 Å². The zero-order valence-electron chi connectivity index (χ0n) is 8.77. The van der Waals surface area contributed by atoms with E-state index in [1.54, 1.807) is 0 Å². The average Bonchev–Trinajstić information content (AvgIpc) is 2.05. The molecule has 0 aliphatic carbocycles. The molecule has 1 nitrogen and oxygen atoms in total. The highest BCUT2D eigenvalue weighted by Gasteiger charge is 2.15. The third-order valence-corrected chi connectivity index (χ3v) is 2.53. The van der Waals surface area contributed by atoms with Crippen LogP contribution in [-0.4, -0.2) is 6.04 Å². The summed E-state index contributed by atoms with van der Waals surface area (Å²) in [4.78, 5) is 0. The first-order valence-corrected chi connectivity index (χ1v) is 5.04. The molecule has 0 saturated heterocycles. The van der Waals surface area contributed by atoms with Crippen molar-refractivity contribution in [3.63, 3.8) is 0 Å². The van der Waals surface area contributed by atoms with Crippen molar-refractivity contribution in [3.8, 4) is 0 Å². The van der Waals surface area contributed by atoms with Crippen molar-refractivity contribution in [3.05, 3.63) is 12.2 Å². The van der Waals surface area contributed by atoms with Gasteiger partial charge in [0.1, 0.15) is 0 Å². The summed E-state index contributed by atoms with van der Waals surface area (Å²) in [6.45, 7) is 10.4. The Morgan fingerprint density at radius 3 is 2.33 bits per heavy atom. The Morgan fingerprint density at radius 1 is 1.42 bits per heavy atom. The summed E-state index contributed by atoms with van der Waals surface area (Å²) in [5.74, 6) is 0.641. The van der Waals surface area contributed by atoms with Crippen molar-refractivity contribution in [1.82, 2.24) is 0 Å². The molecule has 0 amide bonds. The van der Waals surface area contributed by atoms with Gasteiger partial charge in [-0.2, -0.15) is 0 Å². The van der Waals surface area contributed by atoms with Gasteiger partial charge < -0.3 is 5.73 Å². The van der Waals surface area contributed by atoms with E-state index in [1.165, 1.54) is 25.7 Å². The van der Waals surface area contributed by atoms with Gasteiger partial charge in [-0.3, -0.25) is 0 Å². The molecular formula is C11H23N. The summed E-state index contributed by atoms with van der Waals surface area (Å²) in [7, 11) is 0. The van der Waals surface area contributed by atoms with Gasteiger partial charge in [-0.05, 0) is 19.3 Å². The van der Waals surface area contributed by atoms with Gasteiger partial charge in [-0.1, -0.05) is 45.3 Å². The maximum absolute atomic E-state index is 6.01. The van der Waals surface area contributed by atoms with E-state index in [9.17, 15) is 0 Å². The van der Waals surface area contributed by atoms with Crippen LogP contribution in [0.4, 0.5) is 0 Å². The Labute approximate surface area is 77.0 Å². The van der Waals surface area contributed by atoms with Crippen molar-refractivity contribution < 1.29 is 0 Å². The topological polar surface area (TPSA) is 26.0 Å². The van der Waals surface area contributed by atoms with Gasteiger partial charge in [0.15, 0.2) is 0 Å². The predicted octanol–water partition coefficient (Wildman–Crippen LogP) is 3.11. The summed E-state index contributed by atoms with van der Waals surface area (Å²) < 4.78 is 0. The lowest BCUT2D eigenvalue weighted by atomic mass is 9.88. The molecule has 0 saturated carbocycles. The quantitative estimate of drug-likeness (QED) is 0.607. The van der Waals surface area contributed by atoms with Crippen LogP contribution in [0.5, 0.6) is 0 Å². The molecule has 0 rings (SSSR count). The second-order valence-corrected chi connectivity index (χ2v) is 3.68. The van der Waals surface area contributed by atoms with Gasteiger partial charge in [0.05, 0.1) is 0 Å². The molecule has 0 spiro atoms. The SMILES string of the molecule is C=C(C)C(N)C(CC)CCCC. The smallest absolute Gasteiger partial charge is 0.0276 e. The zero-order valence-corrected chi connectivity index (χ0v) is 8.77. The van der Waals surface area contributed by atoms with E-state index in [0.29, 0.717) is 5.92 Å². The third-order valence-electron chi connectivity index (χ3n) is 2.53. The van der Waals surface area contributed by atoms with Crippen LogP contribution < -0.4 is 5.73 Å². The van der Waals surface area contributed by atoms with Crippen molar-refractivity contribution in [1.29, 1.82) is 0 Å². The average molecular weight is 169 g/mol. The van der Waals surface area contributed by atoms with Gasteiger partial charge in [0.25, 0.3) is 0 Å². The fourth-order valence-electron chi connectivity index (χ4n) is 1.51. The summed E-state index contributed by atoms with van der Waals surface area (Å²) >= 11 is 0. The molecule has 12 heavy (non-hydrogen) atoms. The fraction of sp³-hybridized carbons (Fsp3) is 0.818. The lowest BCUT2D eigenvalue weighted by molar-refractivity contribution is 0.401. The largest absolute Gasteiger partial charge is 0.324 e.